The number of carbonyl (C=O) groups excluding carboxylic acids is 2. The summed E-state index contributed by atoms with van der Waals surface area (Å²) in [6.45, 7) is 2.14. The van der Waals surface area contributed by atoms with Crippen LogP contribution in [0.3, 0.4) is 0 Å². The Balaban J connectivity index is 1.55. The zero-order valence-electron chi connectivity index (χ0n) is 11.5. The lowest BCUT2D eigenvalue weighted by atomic mass is 9.97. The number of hydrogen-bond acceptors (Lipinski definition) is 3. The van der Waals surface area contributed by atoms with Gasteiger partial charge in [-0.1, -0.05) is 6.07 Å². The molecule has 20 heavy (non-hydrogen) atoms. The fraction of sp³-hybridized carbons (Fsp3) is 0.600. The van der Waals surface area contributed by atoms with Gasteiger partial charge in [0.2, 0.25) is 5.91 Å². The first-order chi connectivity index (χ1) is 9.74. The molecule has 2 aliphatic rings. The van der Waals surface area contributed by atoms with Crippen molar-refractivity contribution in [2.75, 3.05) is 19.6 Å². The third-order valence-electron chi connectivity index (χ3n) is 4.07. The van der Waals surface area contributed by atoms with Crippen molar-refractivity contribution in [3.8, 4) is 0 Å². The predicted octanol–water partition coefficient (Wildman–Crippen LogP) is 2.13. The van der Waals surface area contributed by atoms with Gasteiger partial charge in [0.1, 0.15) is 0 Å². The highest BCUT2D eigenvalue weighted by Gasteiger charge is 2.30. The van der Waals surface area contributed by atoms with Gasteiger partial charge in [0.05, 0.1) is 10.8 Å². The first-order valence-electron chi connectivity index (χ1n) is 7.34. The number of hydrogen-bond donors (Lipinski definition) is 1. The van der Waals surface area contributed by atoms with E-state index in [2.05, 4.69) is 5.32 Å². The lowest BCUT2D eigenvalue weighted by Gasteiger charge is -2.31. The maximum Gasteiger partial charge on any atom is 0.263 e. The van der Waals surface area contributed by atoms with E-state index in [0.717, 1.165) is 30.8 Å². The molecule has 2 heterocycles. The second kappa shape index (κ2) is 5.95. The Morgan fingerprint density at radius 1 is 1.35 bits per heavy atom. The van der Waals surface area contributed by atoms with Crippen LogP contribution in [0.2, 0.25) is 0 Å². The highest BCUT2D eigenvalue weighted by Crippen LogP contribution is 2.28. The number of rotatable bonds is 4. The maximum atomic E-state index is 12.3. The first kappa shape index (κ1) is 13.6. The zero-order valence-corrected chi connectivity index (χ0v) is 12.3. The van der Waals surface area contributed by atoms with Gasteiger partial charge in [0, 0.05) is 19.6 Å². The van der Waals surface area contributed by atoms with Gasteiger partial charge < -0.3 is 10.2 Å². The van der Waals surface area contributed by atoms with Crippen molar-refractivity contribution in [2.24, 2.45) is 11.8 Å². The molecule has 3 rings (SSSR count). The first-order valence-corrected chi connectivity index (χ1v) is 8.22. The van der Waals surface area contributed by atoms with Gasteiger partial charge in [0.15, 0.2) is 0 Å². The number of nitrogens with zero attached hydrogens (tertiary/aromatic N) is 1. The minimum atomic E-state index is -0.0357. The summed E-state index contributed by atoms with van der Waals surface area (Å²) >= 11 is 1.46. The Morgan fingerprint density at radius 2 is 2.20 bits per heavy atom. The van der Waals surface area contributed by atoms with Gasteiger partial charge >= 0.3 is 0 Å². The van der Waals surface area contributed by atoms with Gasteiger partial charge in [-0.2, -0.15) is 0 Å². The summed E-state index contributed by atoms with van der Waals surface area (Å²) in [5.74, 6) is 0.859. The molecular formula is C15H20N2O2S. The molecule has 2 fully saturated rings. The number of thiophene rings is 1. The summed E-state index contributed by atoms with van der Waals surface area (Å²) in [4.78, 5) is 27.0. The number of amides is 2. The largest absolute Gasteiger partial charge is 0.356 e. The molecule has 1 aromatic rings. The average Bonchev–Trinajstić information content (AvgIpc) is 3.15. The van der Waals surface area contributed by atoms with E-state index in [1.165, 1.54) is 24.2 Å². The Morgan fingerprint density at radius 3 is 2.90 bits per heavy atom. The predicted molar refractivity (Wildman–Crippen MR) is 78.7 cm³/mol. The van der Waals surface area contributed by atoms with E-state index in [1.54, 1.807) is 0 Å². The Hall–Kier alpha value is -1.36. The molecule has 1 unspecified atom stereocenters. The van der Waals surface area contributed by atoms with Crippen LogP contribution in [0.4, 0.5) is 0 Å². The topological polar surface area (TPSA) is 49.4 Å². The number of nitrogens with one attached hydrogen (secondary N) is 1. The zero-order chi connectivity index (χ0) is 13.9. The van der Waals surface area contributed by atoms with Crippen LogP contribution in [0.5, 0.6) is 0 Å². The van der Waals surface area contributed by atoms with E-state index in [0.29, 0.717) is 12.5 Å². The Bertz CT molecular complexity index is 482. The van der Waals surface area contributed by atoms with E-state index >= 15 is 0 Å². The van der Waals surface area contributed by atoms with Gasteiger partial charge in [-0.25, -0.2) is 0 Å². The lowest BCUT2D eigenvalue weighted by molar-refractivity contribution is -0.126. The summed E-state index contributed by atoms with van der Waals surface area (Å²) in [6, 6.07) is 3.74. The average molecular weight is 292 g/mol. The summed E-state index contributed by atoms with van der Waals surface area (Å²) < 4.78 is 0. The highest BCUT2D eigenvalue weighted by atomic mass is 32.1. The van der Waals surface area contributed by atoms with Crippen molar-refractivity contribution in [1.29, 1.82) is 0 Å². The van der Waals surface area contributed by atoms with Crippen LogP contribution in [0, 0.1) is 11.8 Å². The molecule has 0 aromatic carbocycles. The monoisotopic (exact) mass is 292 g/mol. The number of piperidine rings is 1. The second-order valence-electron chi connectivity index (χ2n) is 5.76. The number of likely N-dealkylation sites (tertiary alicyclic amines) is 1. The summed E-state index contributed by atoms with van der Waals surface area (Å²) in [5.41, 5.74) is 0. The molecule has 1 aliphatic carbocycles. The van der Waals surface area contributed by atoms with E-state index in [4.69, 9.17) is 0 Å². The second-order valence-corrected chi connectivity index (χ2v) is 6.70. The third-order valence-corrected chi connectivity index (χ3v) is 4.93. The van der Waals surface area contributed by atoms with Crippen molar-refractivity contribution in [1.82, 2.24) is 10.2 Å². The van der Waals surface area contributed by atoms with Crippen LogP contribution >= 0.6 is 11.3 Å². The molecule has 2 amide bonds. The molecule has 5 heteroatoms. The van der Waals surface area contributed by atoms with Crippen LogP contribution < -0.4 is 5.32 Å². The fourth-order valence-corrected chi connectivity index (χ4v) is 3.33. The van der Waals surface area contributed by atoms with Crippen LogP contribution in [-0.4, -0.2) is 36.3 Å². The number of carbonyl (C=O) groups is 2. The van der Waals surface area contributed by atoms with Crippen LogP contribution in [0.1, 0.15) is 35.4 Å². The van der Waals surface area contributed by atoms with Crippen LogP contribution in [0.25, 0.3) is 0 Å². The minimum absolute atomic E-state index is 0.0357. The van der Waals surface area contributed by atoms with Gasteiger partial charge in [-0.05, 0) is 43.0 Å². The van der Waals surface area contributed by atoms with E-state index in [1.807, 2.05) is 22.4 Å². The molecule has 1 atom stereocenters. The third kappa shape index (κ3) is 3.20. The lowest BCUT2D eigenvalue weighted by Crippen LogP contribution is -2.45. The minimum Gasteiger partial charge on any atom is -0.356 e. The van der Waals surface area contributed by atoms with Gasteiger partial charge in [-0.15, -0.1) is 11.3 Å². The summed E-state index contributed by atoms with van der Waals surface area (Å²) in [5, 5.41) is 4.95. The fourth-order valence-electron chi connectivity index (χ4n) is 2.64. The maximum absolute atomic E-state index is 12.3. The SMILES string of the molecule is O=C(NCC1CC1)C1CCCN(C(=O)c2cccs2)C1. The smallest absolute Gasteiger partial charge is 0.263 e. The molecule has 1 saturated carbocycles. The summed E-state index contributed by atoms with van der Waals surface area (Å²) in [7, 11) is 0. The van der Waals surface area contributed by atoms with Crippen molar-refractivity contribution in [2.45, 2.75) is 25.7 Å². The van der Waals surface area contributed by atoms with Gasteiger partial charge in [0.25, 0.3) is 5.91 Å². The molecule has 4 nitrogen and oxygen atoms in total. The molecule has 1 N–H and O–H groups in total. The molecule has 1 aromatic heterocycles. The van der Waals surface area contributed by atoms with E-state index < -0.39 is 0 Å². The van der Waals surface area contributed by atoms with Crippen LogP contribution in [-0.2, 0) is 4.79 Å². The molecule has 1 saturated heterocycles. The van der Waals surface area contributed by atoms with Crippen LogP contribution in [0.15, 0.2) is 17.5 Å². The van der Waals surface area contributed by atoms with Crippen molar-refractivity contribution >= 4 is 23.2 Å². The molecule has 0 radical (unpaired) electrons. The van der Waals surface area contributed by atoms with Gasteiger partial charge in [-0.3, -0.25) is 9.59 Å². The molecule has 0 bridgehead atoms. The van der Waals surface area contributed by atoms with E-state index in [9.17, 15) is 9.59 Å². The molecular weight excluding hydrogens is 272 g/mol. The van der Waals surface area contributed by atoms with Crippen molar-refractivity contribution in [3.05, 3.63) is 22.4 Å². The standard InChI is InChI=1S/C15H20N2O2S/c18-14(16-9-11-5-6-11)12-3-1-7-17(10-12)15(19)13-4-2-8-20-13/h2,4,8,11-12H,1,3,5-7,9-10H2,(H,16,18). The van der Waals surface area contributed by atoms with Crippen molar-refractivity contribution < 1.29 is 9.59 Å². The van der Waals surface area contributed by atoms with Crippen molar-refractivity contribution in [3.63, 3.8) is 0 Å². The van der Waals surface area contributed by atoms with E-state index in [-0.39, 0.29) is 17.7 Å². The molecule has 1 aliphatic heterocycles. The molecule has 108 valence electrons. The normalized spacial score (nSPS) is 22.6. The highest BCUT2D eigenvalue weighted by molar-refractivity contribution is 7.12. The Labute approximate surface area is 123 Å². The quantitative estimate of drug-likeness (QED) is 0.924. The Kier molecular flexibility index (Phi) is 4.05. The molecule has 0 spiro atoms. The summed E-state index contributed by atoms with van der Waals surface area (Å²) in [6.07, 6.45) is 4.30.